The van der Waals surface area contributed by atoms with Crippen molar-refractivity contribution in [2.24, 2.45) is 0 Å². The van der Waals surface area contributed by atoms with Crippen LogP contribution in [0.25, 0.3) is 0 Å². The van der Waals surface area contributed by atoms with Gasteiger partial charge in [0.05, 0.1) is 4.92 Å². The van der Waals surface area contributed by atoms with Gasteiger partial charge in [0.15, 0.2) is 5.01 Å². The second kappa shape index (κ2) is 8.67. The first-order valence-electron chi connectivity index (χ1n) is 8.10. The van der Waals surface area contributed by atoms with Gasteiger partial charge in [-0.2, -0.15) is 0 Å². The zero-order chi connectivity index (χ0) is 20.1. The minimum absolute atomic E-state index is 0.115. The topological polar surface area (TPSA) is 124 Å². The number of benzene rings is 1. The monoisotopic (exact) mass is 418 g/mol. The van der Waals surface area contributed by atoms with Crippen LogP contribution in [0.3, 0.4) is 0 Å². The van der Waals surface area contributed by atoms with Crippen molar-refractivity contribution in [3.63, 3.8) is 0 Å². The fourth-order valence-electron chi connectivity index (χ4n) is 2.15. The summed E-state index contributed by atoms with van der Waals surface area (Å²) in [5, 5.41) is 21.3. The number of amides is 1. The van der Waals surface area contributed by atoms with E-state index in [1.807, 2.05) is 19.1 Å². The second-order valence-electron chi connectivity index (χ2n) is 5.48. The van der Waals surface area contributed by atoms with Crippen LogP contribution in [0.1, 0.15) is 37.0 Å². The quantitative estimate of drug-likeness (QED) is 0.352. The molecule has 2 heterocycles. The summed E-state index contributed by atoms with van der Waals surface area (Å²) in [7, 11) is 0. The molecule has 3 aromatic rings. The van der Waals surface area contributed by atoms with Gasteiger partial charge in [0.25, 0.3) is 5.91 Å². The lowest BCUT2D eigenvalue weighted by atomic mass is 10.1. The molecule has 1 aromatic carbocycles. The van der Waals surface area contributed by atoms with Crippen molar-refractivity contribution in [1.29, 1.82) is 0 Å². The number of thiophene rings is 1. The van der Waals surface area contributed by atoms with Crippen molar-refractivity contribution in [3.8, 4) is 0 Å². The van der Waals surface area contributed by atoms with Gasteiger partial charge in [0, 0.05) is 11.8 Å². The zero-order valence-electron chi connectivity index (χ0n) is 14.6. The molecule has 11 heteroatoms. The van der Waals surface area contributed by atoms with Crippen molar-refractivity contribution in [1.82, 2.24) is 10.2 Å². The molecule has 0 fully saturated rings. The van der Waals surface area contributed by atoms with Crippen molar-refractivity contribution in [2.45, 2.75) is 20.0 Å². The van der Waals surface area contributed by atoms with E-state index < -0.39 is 16.8 Å². The second-order valence-corrected chi connectivity index (χ2v) is 7.60. The summed E-state index contributed by atoms with van der Waals surface area (Å²) in [5.41, 5.74) is 1.80. The van der Waals surface area contributed by atoms with Gasteiger partial charge in [-0.05, 0) is 30.2 Å². The molecule has 0 saturated heterocycles. The van der Waals surface area contributed by atoms with Gasteiger partial charge < -0.3 is 10.1 Å². The van der Waals surface area contributed by atoms with Gasteiger partial charge in [-0.25, -0.2) is 4.79 Å². The number of esters is 1. The average molecular weight is 418 g/mol. The lowest BCUT2D eigenvalue weighted by Gasteiger charge is -2.03. The number of aryl methyl sites for hydroxylation is 1. The summed E-state index contributed by atoms with van der Waals surface area (Å²) in [6, 6.07) is 10.0. The fourth-order valence-corrected chi connectivity index (χ4v) is 3.51. The number of nitro groups is 1. The molecule has 0 aliphatic carbocycles. The number of rotatable bonds is 7. The van der Waals surface area contributed by atoms with Crippen LogP contribution in [-0.2, 0) is 17.8 Å². The Bertz CT molecular complexity index is 1010. The molecule has 2 aromatic heterocycles. The Labute approximate surface area is 167 Å². The Morgan fingerprint density at radius 1 is 1.14 bits per heavy atom. The average Bonchev–Trinajstić information content (AvgIpc) is 3.36. The maximum absolute atomic E-state index is 12.2. The first-order chi connectivity index (χ1) is 13.5. The fraction of sp³-hybridized carbons (Fsp3) is 0.176. The minimum Gasteiger partial charge on any atom is -0.454 e. The third kappa shape index (κ3) is 4.75. The van der Waals surface area contributed by atoms with Gasteiger partial charge in [-0.1, -0.05) is 41.7 Å². The number of carbonyl (C=O) groups excluding carboxylic acids is 2. The van der Waals surface area contributed by atoms with Crippen LogP contribution >= 0.6 is 22.7 Å². The van der Waals surface area contributed by atoms with Crippen molar-refractivity contribution in [2.75, 3.05) is 5.32 Å². The van der Waals surface area contributed by atoms with Gasteiger partial charge in [0.1, 0.15) is 11.5 Å². The maximum atomic E-state index is 12.2. The predicted molar refractivity (Wildman–Crippen MR) is 104 cm³/mol. The molecule has 144 valence electrons. The molecule has 0 radical (unpaired) electrons. The molecule has 28 heavy (non-hydrogen) atoms. The van der Waals surface area contributed by atoms with Crippen LogP contribution in [0.4, 0.5) is 10.7 Å². The number of nitrogens with one attached hydrogen (secondary N) is 1. The van der Waals surface area contributed by atoms with E-state index in [2.05, 4.69) is 15.5 Å². The van der Waals surface area contributed by atoms with E-state index >= 15 is 0 Å². The van der Waals surface area contributed by atoms with Crippen LogP contribution in [0, 0.1) is 10.1 Å². The van der Waals surface area contributed by atoms with Crippen molar-refractivity contribution in [3.05, 3.63) is 67.0 Å². The molecule has 0 atom stereocenters. The molecule has 0 spiro atoms. The van der Waals surface area contributed by atoms with Gasteiger partial charge in [-0.3, -0.25) is 14.9 Å². The highest BCUT2D eigenvalue weighted by Crippen LogP contribution is 2.25. The molecule has 1 amide bonds. The number of hydrogen-bond acceptors (Lipinski definition) is 9. The van der Waals surface area contributed by atoms with Crippen LogP contribution in [0.5, 0.6) is 0 Å². The van der Waals surface area contributed by atoms with Crippen LogP contribution in [0.2, 0.25) is 0 Å². The maximum Gasteiger partial charge on any atom is 0.348 e. The molecule has 0 aliphatic rings. The standard InChI is InChI=1S/C17H14N4O5S2/c1-2-10-3-5-11(6-4-10)18-15(22)16-20-19-13(28-16)9-26-17(23)12-7-8-14(27-12)21(24)25/h3-8H,2,9H2,1H3,(H,18,22). The Balaban J connectivity index is 1.56. The summed E-state index contributed by atoms with van der Waals surface area (Å²) in [6.07, 6.45) is 0.908. The van der Waals surface area contributed by atoms with E-state index in [9.17, 15) is 19.7 Å². The van der Waals surface area contributed by atoms with Crippen LogP contribution in [-0.4, -0.2) is 27.0 Å². The predicted octanol–water partition coefficient (Wildman–Crippen LogP) is 3.68. The third-order valence-corrected chi connectivity index (χ3v) is 5.49. The summed E-state index contributed by atoms with van der Waals surface area (Å²) < 4.78 is 5.07. The number of aromatic nitrogens is 2. The van der Waals surface area contributed by atoms with Gasteiger partial charge in [-0.15, -0.1) is 10.2 Å². The number of ether oxygens (including phenoxy) is 1. The Kier molecular flexibility index (Phi) is 6.06. The first kappa shape index (κ1) is 19.6. The van der Waals surface area contributed by atoms with E-state index in [1.165, 1.54) is 12.1 Å². The SMILES string of the molecule is CCc1ccc(NC(=O)c2nnc(COC(=O)c3ccc([N+](=O)[O-])s3)s2)cc1. The van der Waals surface area contributed by atoms with E-state index in [1.54, 1.807) is 12.1 Å². The van der Waals surface area contributed by atoms with Gasteiger partial charge in [0.2, 0.25) is 5.01 Å². The van der Waals surface area contributed by atoms with E-state index in [-0.39, 0.29) is 21.5 Å². The first-order valence-corrected chi connectivity index (χ1v) is 9.73. The molecule has 0 aliphatic heterocycles. The highest BCUT2D eigenvalue weighted by atomic mass is 32.1. The molecule has 9 nitrogen and oxygen atoms in total. The van der Waals surface area contributed by atoms with Gasteiger partial charge >= 0.3 is 11.0 Å². The van der Waals surface area contributed by atoms with E-state index in [4.69, 9.17) is 4.74 Å². The molecule has 0 unspecified atom stereocenters. The minimum atomic E-state index is -0.699. The van der Waals surface area contributed by atoms with Crippen LogP contribution in [0.15, 0.2) is 36.4 Å². The molecule has 3 rings (SSSR count). The Morgan fingerprint density at radius 2 is 1.89 bits per heavy atom. The highest BCUT2D eigenvalue weighted by molar-refractivity contribution is 7.17. The molecular weight excluding hydrogens is 404 g/mol. The number of nitrogens with zero attached hydrogens (tertiary/aromatic N) is 3. The molecule has 1 N–H and O–H groups in total. The van der Waals surface area contributed by atoms with E-state index in [0.717, 1.165) is 34.7 Å². The number of hydrogen-bond donors (Lipinski definition) is 1. The summed E-state index contributed by atoms with van der Waals surface area (Å²) in [6.45, 7) is 1.86. The summed E-state index contributed by atoms with van der Waals surface area (Å²) in [5.74, 6) is -1.11. The Morgan fingerprint density at radius 3 is 2.54 bits per heavy atom. The lowest BCUT2D eigenvalue weighted by Crippen LogP contribution is -2.11. The van der Waals surface area contributed by atoms with Crippen molar-refractivity contribution < 1.29 is 19.2 Å². The third-order valence-electron chi connectivity index (χ3n) is 3.58. The van der Waals surface area contributed by atoms with Crippen LogP contribution < -0.4 is 5.32 Å². The molecular formula is C17H14N4O5S2. The summed E-state index contributed by atoms with van der Waals surface area (Å²) in [4.78, 5) is 34.4. The number of carbonyl (C=O) groups is 2. The highest BCUT2D eigenvalue weighted by Gasteiger charge is 2.18. The van der Waals surface area contributed by atoms with Crippen molar-refractivity contribution >= 4 is 45.2 Å². The smallest absolute Gasteiger partial charge is 0.348 e. The normalized spacial score (nSPS) is 10.5. The molecule has 0 saturated carbocycles. The molecule has 0 bridgehead atoms. The number of anilines is 1. The summed E-state index contributed by atoms with van der Waals surface area (Å²) >= 11 is 1.73. The lowest BCUT2D eigenvalue weighted by molar-refractivity contribution is -0.380. The Hall–Kier alpha value is -3.18. The zero-order valence-corrected chi connectivity index (χ0v) is 16.2. The largest absolute Gasteiger partial charge is 0.454 e. The van der Waals surface area contributed by atoms with E-state index in [0.29, 0.717) is 10.7 Å².